The highest BCUT2D eigenvalue weighted by Gasteiger charge is 2.29. The van der Waals surface area contributed by atoms with E-state index in [0.717, 1.165) is 28.6 Å². The third kappa shape index (κ3) is 1.81. The molecule has 106 valence electrons. The lowest BCUT2D eigenvalue weighted by Crippen LogP contribution is -2.27. The standard InChI is InChI=1S/C13H17N5O2/c1-7-11(8(2)17(3)16-7)12-15-14-10-5-4-9(13(19)20)6-18(10)12/h9H,4-6H2,1-3H3,(H,19,20). The van der Waals surface area contributed by atoms with Crippen LogP contribution in [0.4, 0.5) is 0 Å². The van der Waals surface area contributed by atoms with Gasteiger partial charge in [0, 0.05) is 25.7 Å². The van der Waals surface area contributed by atoms with Crippen LogP contribution in [0.15, 0.2) is 0 Å². The van der Waals surface area contributed by atoms with E-state index >= 15 is 0 Å². The van der Waals surface area contributed by atoms with Gasteiger partial charge in [0.1, 0.15) is 5.82 Å². The van der Waals surface area contributed by atoms with Gasteiger partial charge < -0.3 is 9.67 Å². The third-order valence-electron chi connectivity index (χ3n) is 4.03. The molecule has 1 aliphatic heterocycles. The first kappa shape index (κ1) is 12.8. The van der Waals surface area contributed by atoms with E-state index in [9.17, 15) is 9.90 Å². The van der Waals surface area contributed by atoms with Crippen molar-refractivity contribution < 1.29 is 9.90 Å². The van der Waals surface area contributed by atoms with Gasteiger partial charge in [-0.25, -0.2) is 0 Å². The molecule has 20 heavy (non-hydrogen) atoms. The molecule has 0 spiro atoms. The first-order chi connectivity index (χ1) is 9.49. The van der Waals surface area contributed by atoms with Gasteiger partial charge in [0.2, 0.25) is 0 Å². The molecule has 0 saturated carbocycles. The molecular weight excluding hydrogens is 258 g/mol. The average Bonchev–Trinajstić information content (AvgIpc) is 2.91. The van der Waals surface area contributed by atoms with E-state index in [2.05, 4.69) is 15.3 Å². The Morgan fingerprint density at radius 3 is 2.70 bits per heavy atom. The Morgan fingerprint density at radius 1 is 1.35 bits per heavy atom. The van der Waals surface area contributed by atoms with Crippen molar-refractivity contribution in [3.63, 3.8) is 0 Å². The Kier molecular flexibility index (Phi) is 2.84. The predicted molar refractivity (Wildman–Crippen MR) is 71.1 cm³/mol. The van der Waals surface area contributed by atoms with Crippen molar-refractivity contribution in [2.45, 2.75) is 33.2 Å². The number of carboxylic acid groups (broad SMARTS) is 1. The summed E-state index contributed by atoms with van der Waals surface area (Å²) in [7, 11) is 1.89. The Balaban J connectivity index is 2.09. The van der Waals surface area contributed by atoms with Crippen LogP contribution in [-0.2, 0) is 24.8 Å². The molecule has 0 aromatic carbocycles. The fourth-order valence-electron chi connectivity index (χ4n) is 2.81. The molecule has 2 aromatic rings. The van der Waals surface area contributed by atoms with Crippen LogP contribution in [0.3, 0.4) is 0 Å². The van der Waals surface area contributed by atoms with Crippen molar-refractivity contribution in [1.29, 1.82) is 0 Å². The van der Waals surface area contributed by atoms with E-state index in [-0.39, 0.29) is 5.92 Å². The molecule has 0 saturated heterocycles. The van der Waals surface area contributed by atoms with E-state index in [4.69, 9.17) is 0 Å². The van der Waals surface area contributed by atoms with Gasteiger partial charge in [-0.1, -0.05) is 0 Å². The summed E-state index contributed by atoms with van der Waals surface area (Å²) < 4.78 is 3.74. The van der Waals surface area contributed by atoms with Crippen molar-refractivity contribution in [2.24, 2.45) is 13.0 Å². The number of aromatic nitrogens is 5. The molecule has 1 atom stereocenters. The maximum atomic E-state index is 11.2. The summed E-state index contributed by atoms with van der Waals surface area (Å²) in [6.07, 6.45) is 1.28. The summed E-state index contributed by atoms with van der Waals surface area (Å²) in [6, 6.07) is 0. The van der Waals surface area contributed by atoms with E-state index in [1.165, 1.54) is 0 Å². The van der Waals surface area contributed by atoms with Gasteiger partial charge in [0.05, 0.1) is 17.2 Å². The van der Waals surface area contributed by atoms with Crippen LogP contribution in [0.25, 0.3) is 11.4 Å². The summed E-state index contributed by atoms with van der Waals surface area (Å²) in [5, 5.41) is 22.1. The number of nitrogens with zero attached hydrogens (tertiary/aromatic N) is 5. The van der Waals surface area contributed by atoms with Gasteiger partial charge in [-0.15, -0.1) is 10.2 Å². The molecule has 0 aliphatic carbocycles. The topological polar surface area (TPSA) is 85.8 Å². The zero-order valence-electron chi connectivity index (χ0n) is 11.8. The molecular formula is C13H17N5O2. The first-order valence-electron chi connectivity index (χ1n) is 6.64. The molecule has 0 radical (unpaired) electrons. The molecule has 1 unspecified atom stereocenters. The SMILES string of the molecule is Cc1nn(C)c(C)c1-c1nnc2n1CC(C(=O)O)CC2. The Bertz CT molecular complexity index is 685. The number of carboxylic acids is 1. The molecule has 2 aromatic heterocycles. The van der Waals surface area contributed by atoms with Crippen molar-refractivity contribution in [1.82, 2.24) is 24.5 Å². The lowest BCUT2D eigenvalue weighted by Gasteiger charge is -2.21. The van der Waals surface area contributed by atoms with Crippen LogP contribution >= 0.6 is 0 Å². The molecule has 0 bridgehead atoms. The number of rotatable bonds is 2. The highest BCUT2D eigenvalue weighted by Crippen LogP contribution is 2.29. The first-order valence-corrected chi connectivity index (χ1v) is 6.64. The normalized spacial score (nSPS) is 18.1. The van der Waals surface area contributed by atoms with Gasteiger partial charge in [-0.05, 0) is 20.3 Å². The lowest BCUT2D eigenvalue weighted by molar-refractivity contribution is -0.142. The summed E-state index contributed by atoms with van der Waals surface area (Å²) in [6.45, 7) is 4.34. The van der Waals surface area contributed by atoms with Gasteiger partial charge >= 0.3 is 5.97 Å². The van der Waals surface area contributed by atoms with Crippen molar-refractivity contribution in [3.8, 4) is 11.4 Å². The number of hydrogen-bond donors (Lipinski definition) is 1. The number of aryl methyl sites for hydroxylation is 3. The minimum atomic E-state index is -0.755. The van der Waals surface area contributed by atoms with Crippen molar-refractivity contribution >= 4 is 5.97 Å². The molecule has 3 rings (SSSR count). The highest BCUT2D eigenvalue weighted by atomic mass is 16.4. The maximum Gasteiger partial charge on any atom is 0.308 e. The fourth-order valence-corrected chi connectivity index (χ4v) is 2.81. The van der Waals surface area contributed by atoms with Crippen molar-refractivity contribution in [2.75, 3.05) is 0 Å². The zero-order valence-corrected chi connectivity index (χ0v) is 11.8. The second-order valence-corrected chi connectivity index (χ2v) is 5.29. The second-order valence-electron chi connectivity index (χ2n) is 5.29. The number of hydrogen-bond acceptors (Lipinski definition) is 4. The molecule has 7 heteroatoms. The quantitative estimate of drug-likeness (QED) is 0.881. The summed E-state index contributed by atoms with van der Waals surface area (Å²) in [5.41, 5.74) is 2.85. The third-order valence-corrected chi connectivity index (χ3v) is 4.03. The number of aliphatic carboxylic acids is 1. The summed E-state index contributed by atoms with van der Waals surface area (Å²) in [4.78, 5) is 11.2. The largest absolute Gasteiger partial charge is 0.481 e. The van der Waals surface area contributed by atoms with Gasteiger partial charge in [-0.3, -0.25) is 9.48 Å². The molecule has 3 heterocycles. The van der Waals surface area contributed by atoms with Crippen LogP contribution in [0.5, 0.6) is 0 Å². The summed E-state index contributed by atoms with van der Waals surface area (Å²) in [5.74, 6) is 0.471. The van der Waals surface area contributed by atoms with Crippen LogP contribution in [0.1, 0.15) is 23.6 Å². The monoisotopic (exact) mass is 275 g/mol. The Morgan fingerprint density at radius 2 is 2.10 bits per heavy atom. The zero-order chi connectivity index (χ0) is 14.4. The Hall–Kier alpha value is -2.18. The average molecular weight is 275 g/mol. The lowest BCUT2D eigenvalue weighted by atomic mass is 9.99. The van der Waals surface area contributed by atoms with Gasteiger partial charge in [0.25, 0.3) is 0 Å². The maximum absolute atomic E-state index is 11.2. The Labute approximate surface area is 116 Å². The minimum Gasteiger partial charge on any atom is -0.481 e. The summed E-state index contributed by atoms with van der Waals surface area (Å²) >= 11 is 0. The van der Waals surface area contributed by atoms with E-state index in [1.807, 2.05) is 30.1 Å². The van der Waals surface area contributed by atoms with Gasteiger partial charge in [0.15, 0.2) is 5.82 Å². The van der Waals surface area contributed by atoms with Crippen LogP contribution in [0, 0.1) is 19.8 Å². The van der Waals surface area contributed by atoms with Crippen LogP contribution in [-0.4, -0.2) is 35.6 Å². The molecule has 0 amide bonds. The van der Waals surface area contributed by atoms with E-state index in [0.29, 0.717) is 19.4 Å². The van der Waals surface area contributed by atoms with Crippen LogP contribution < -0.4 is 0 Å². The molecule has 7 nitrogen and oxygen atoms in total. The predicted octanol–water partition coefficient (Wildman–Crippen LogP) is 0.942. The number of fused-ring (bicyclic) bond motifs is 1. The second kappa shape index (κ2) is 4.43. The van der Waals surface area contributed by atoms with Gasteiger partial charge in [-0.2, -0.15) is 5.10 Å². The molecule has 0 fully saturated rings. The van der Waals surface area contributed by atoms with Crippen LogP contribution in [0.2, 0.25) is 0 Å². The van der Waals surface area contributed by atoms with E-state index in [1.54, 1.807) is 0 Å². The number of carbonyl (C=O) groups is 1. The minimum absolute atomic E-state index is 0.366. The smallest absolute Gasteiger partial charge is 0.308 e. The molecule has 1 aliphatic rings. The van der Waals surface area contributed by atoms with E-state index < -0.39 is 5.97 Å². The fraction of sp³-hybridized carbons (Fsp3) is 0.538. The molecule has 1 N–H and O–H groups in total. The van der Waals surface area contributed by atoms with Crippen molar-refractivity contribution in [3.05, 3.63) is 17.2 Å². The highest BCUT2D eigenvalue weighted by molar-refractivity contribution is 5.70.